The molecule has 0 radical (unpaired) electrons. The fraction of sp³-hybridized carbons (Fsp3) is 0.611. The smallest absolute Gasteiger partial charge is 0.0991 e. The van der Waals surface area contributed by atoms with Gasteiger partial charge in [-0.05, 0) is 56.5 Å². The summed E-state index contributed by atoms with van der Waals surface area (Å²) in [5.41, 5.74) is 1.93. The Bertz CT molecular complexity index is 483. The van der Waals surface area contributed by atoms with Crippen LogP contribution in [0.5, 0.6) is 0 Å². The van der Waals surface area contributed by atoms with Gasteiger partial charge >= 0.3 is 0 Å². The molecule has 1 N–H and O–H groups in total. The zero-order valence-corrected chi connectivity index (χ0v) is 13.5. The summed E-state index contributed by atoms with van der Waals surface area (Å²) in [7, 11) is 0. The molecule has 0 spiro atoms. The van der Waals surface area contributed by atoms with Gasteiger partial charge in [0.15, 0.2) is 0 Å². The van der Waals surface area contributed by atoms with E-state index in [-0.39, 0.29) is 6.04 Å². The molecule has 0 saturated carbocycles. The molecule has 1 aromatic rings. The Balaban J connectivity index is 1.94. The van der Waals surface area contributed by atoms with Crippen molar-refractivity contribution in [1.82, 2.24) is 10.2 Å². The Hall–Kier alpha value is -1.37. The summed E-state index contributed by atoms with van der Waals surface area (Å²) in [4.78, 5) is 2.62. The molecule has 0 amide bonds. The Morgan fingerprint density at radius 3 is 2.57 bits per heavy atom. The largest absolute Gasteiger partial charge is 0.309 e. The highest BCUT2D eigenvalue weighted by atomic mass is 15.2. The first-order chi connectivity index (χ1) is 10.1. The summed E-state index contributed by atoms with van der Waals surface area (Å²) in [5, 5.41) is 12.7. The maximum Gasteiger partial charge on any atom is 0.0991 e. The number of nitriles is 1. The second-order valence-electron chi connectivity index (χ2n) is 6.42. The summed E-state index contributed by atoms with van der Waals surface area (Å²) in [6, 6.07) is 11.0. The lowest BCUT2D eigenvalue weighted by Crippen LogP contribution is -2.44. The second kappa shape index (κ2) is 7.59. The van der Waals surface area contributed by atoms with Gasteiger partial charge in [-0.15, -0.1) is 0 Å². The molecule has 0 aliphatic carbocycles. The molecule has 21 heavy (non-hydrogen) atoms. The molecule has 1 heterocycles. The van der Waals surface area contributed by atoms with Crippen LogP contribution in [0.15, 0.2) is 24.3 Å². The van der Waals surface area contributed by atoms with Crippen LogP contribution in [0.1, 0.15) is 50.8 Å². The highest BCUT2D eigenvalue weighted by molar-refractivity contribution is 5.34. The summed E-state index contributed by atoms with van der Waals surface area (Å²) in [6.07, 6.45) is 2.67. The van der Waals surface area contributed by atoms with Crippen LogP contribution in [0, 0.1) is 17.2 Å². The van der Waals surface area contributed by atoms with Gasteiger partial charge in [0.2, 0.25) is 0 Å². The molecule has 1 aromatic carbocycles. The maximum absolute atomic E-state index is 9.00. The van der Waals surface area contributed by atoms with Crippen molar-refractivity contribution in [3.8, 4) is 6.07 Å². The first kappa shape index (κ1) is 16.0. The van der Waals surface area contributed by atoms with Crippen molar-refractivity contribution in [2.45, 2.75) is 45.7 Å². The molecular formula is C18H27N3. The molecule has 1 fully saturated rings. The third-order valence-corrected chi connectivity index (χ3v) is 4.53. The van der Waals surface area contributed by atoms with Gasteiger partial charge in [0.25, 0.3) is 0 Å². The molecule has 2 rings (SSSR count). The van der Waals surface area contributed by atoms with Crippen molar-refractivity contribution < 1.29 is 0 Å². The molecule has 2 unspecified atom stereocenters. The topological polar surface area (TPSA) is 39.1 Å². The predicted octanol–water partition coefficient (Wildman–Crippen LogP) is 3.33. The molecule has 2 atom stereocenters. The van der Waals surface area contributed by atoms with Crippen molar-refractivity contribution in [3.63, 3.8) is 0 Å². The van der Waals surface area contributed by atoms with E-state index in [1.165, 1.54) is 31.5 Å². The van der Waals surface area contributed by atoms with Crippen LogP contribution in [-0.2, 0) is 0 Å². The van der Waals surface area contributed by atoms with Crippen molar-refractivity contribution in [2.75, 3.05) is 19.6 Å². The minimum absolute atomic E-state index is 0.280. The lowest BCUT2D eigenvalue weighted by atomic mass is 10.0. The molecule has 0 bridgehead atoms. The zero-order valence-electron chi connectivity index (χ0n) is 13.5. The van der Waals surface area contributed by atoms with Gasteiger partial charge in [0, 0.05) is 18.6 Å². The van der Waals surface area contributed by atoms with Crippen molar-refractivity contribution in [1.29, 1.82) is 5.26 Å². The molecular weight excluding hydrogens is 258 g/mol. The standard InChI is InChI=1S/C18H27N3/c1-14(2)18(21-9-4-5-10-21)13-20-15(3)17-8-6-7-16(11-17)12-19/h6-8,11,14-15,18,20H,4-5,9-10,13H2,1-3H3. The van der Waals surface area contributed by atoms with Gasteiger partial charge in [0.1, 0.15) is 0 Å². The highest BCUT2D eigenvalue weighted by Gasteiger charge is 2.24. The molecule has 1 aliphatic rings. The van der Waals surface area contributed by atoms with Gasteiger partial charge in [0.05, 0.1) is 11.6 Å². The molecule has 3 nitrogen and oxygen atoms in total. The molecule has 114 valence electrons. The van der Waals surface area contributed by atoms with E-state index in [9.17, 15) is 0 Å². The fourth-order valence-corrected chi connectivity index (χ4v) is 3.15. The second-order valence-corrected chi connectivity index (χ2v) is 6.42. The molecule has 0 aromatic heterocycles. The minimum Gasteiger partial charge on any atom is -0.309 e. The number of hydrogen-bond donors (Lipinski definition) is 1. The summed E-state index contributed by atoms with van der Waals surface area (Å²) >= 11 is 0. The van der Waals surface area contributed by atoms with Crippen LogP contribution >= 0.6 is 0 Å². The number of likely N-dealkylation sites (tertiary alicyclic amines) is 1. The van der Waals surface area contributed by atoms with Gasteiger partial charge in [-0.25, -0.2) is 0 Å². The van der Waals surface area contributed by atoms with Gasteiger partial charge in [-0.2, -0.15) is 5.26 Å². The zero-order chi connectivity index (χ0) is 15.2. The van der Waals surface area contributed by atoms with Gasteiger partial charge in [-0.1, -0.05) is 26.0 Å². The summed E-state index contributed by atoms with van der Waals surface area (Å²) < 4.78 is 0. The van der Waals surface area contributed by atoms with Crippen LogP contribution in [0.3, 0.4) is 0 Å². The Morgan fingerprint density at radius 2 is 1.95 bits per heavy atom. The van der Waals surface area contributed by atoms with E-state index in [1.807, 2.05) is 18.2 Å². The number of benzene rings is 1. The highest BCUT2D eigenvalue weighted by Crippen LogP contribution is 2.19. The van der Waals surface area contributed by atoms with Gasteiger partial charge < -0.3 is 5.32 Å². The van der Waals surface area contributed by atoms with Crippen LogP contribution < -0.4 is 5.32 Å². The quantitative estimate of drug-likeness (QED) is 0.871. The minimum atomic E-state index is 0.280. The predicted molar refractivity (Wildman–Crippen MR) is 87.0 cm³/mol. The third-order valence-electron chi connectivity index (χ3n) is 4.53. The number of nitrogens with one attached hydrogen (secondary N) is 1. The van der Waals surface area contributed by atoms with Crippen molar-refractivity contribution in [3.05, 3.63) is 35.4 Å². The van der Waals surface area contributed by atoms with Crippen LogP contribution in [0.2, 0.25) is 0 Å². The first-order valence-corrected chi connectivity index (χ1v) is 8.09. The monoisotopic (exact) mass is 285 g/mol. The Morgan fingerprint density at radius 1 is 1.24 bits per heavy atom. The number of hydrogen-bond acceptors (Lipinski definition) is 3. The van der Waals surface area contributed by atoms with E-state index in [4.69, 9.17) is 5.26 Å². The lowest BCUT2D eigenvalue weighted by Gasteiger charge is -2.32. The SMILES string of the molecule is CC(NCC(C(C)C)N1CCCC1)c1cccc(C#N)c1. The van der Waals surface area contributed by atoms with E-state index in [2.05, 4.69) is 43.1 Å². The van der Waals surface area contributed by atoms with Crippen molar-refractivity contribution >= 4 is 0 Å². The average molecular weight is 285 g/mol. The fourth-order valence-electron chi connectivity index (χ4n) is 3.15. The third kappa shape index (κ3) is 4.30. The van der Waals surface area contributed by atoms with E-state index < -0.39 is 0 Å². The van der Waals surface area contributed by atoms with E-state index in [0.29, 0.717) is 12.0 Å². The maximum atomic E-state index is 9.00. The normalized spacial score (nSPS) is 18.6. The number of nitrogens with zero attached hydrogens (tertiary/aromatic N) is 2. The lowest BCUT2D eigenvalue weighted by molar-refractivity contribution is 0.183. The van der Waals surface area contributed by atoms with Crippen LogP contribution in [0.25, 0.3) is 0 Å². The Labute approximate surface area is 129 Å². The van der Waals surface area contributed by atoms with Crippen molar-refractivity contribution in [2.24, 2.45) is 5.92 Å². The Kier molecular flexibility index (Phi) is 5.78. The van der Waals surface area contributed by atoms with Gasteiger partial charge in [-0.3, -0.25) is 4.90 Å². The first-order valence-electron chi connectivity index (χ1n) is 8.09. The van der Waals surface area contributed by atoms with E-state index in [0.717, 1.165) is 12.1 Å². The summed E-state index contributed by atoms with van der Waals surface area (Å²) in [5.74, 6) is 0.660. The van der Waals surface area contributed by atoms with Crippen LogP contribution in [0.4, 0.5) is 0 Å². The summed E-state index contributed by atoms with van der Waals surface area (Å²) in [6.45, 7) is 10.3. The van der Waals surface area contributed by atoms with E-state index >= 15 is 0 Å². The number of rotatable bonds is 6. The average Bonchev–Trinajstić information content (AvgIpc) is 3.01. The molecule has 1 saturated heterocycles. The van der Waals surface area contributed by atoms with Crippen LogP contribution in [-0.4, -0.2) is 30.6 Å². The molecule has 1 aliphatic heterocycles. The molecule has 3 heteroatoms. The van der Waals surface area contributed by atoms with E-state index in [1.54, 1.807) is 0 Å².